The third-order valence-electron chi connectivity index (χ3n) is 2.33. The summed E-state index contributed by atoms with van der Waals surface area (Å²) in [6, 6.07) is 2.04. The van der Waals surface area contributed by atoms with Gasteiger partial charge in [-0.15, -0.1) is 0 Å². The van der Waals surface area contributed by atoms with Crippen LogP contribution in [0, 0.1) is 6.92 Å². The Balaban J connectivity index is 2.21. The van der Waals surface area contributed by atoms with Gasteiger partial charge in [-0.3, -0.25) is 0 Å². The second-order valence-corrected chi connectivity index (χ2v) is 3.16. The van der Waals surface area contributed by atoms with E-state index in [4.69, 9.17) is 4.42 Å². The van der Waals surface area contributed by atoms with Gasteiger partial charge >= 0.3 is 0 Å². The zero-order valence-corrected chi connectivity index (χ0v) is 6.76. The van der Waals surface area contributed by atoms with E-state index in [1.54, 1.807) is 6.26 Å². The van der Waals surface area contributed by atoms with Gasteiger partial charge in [0.15, 0.2) is 0 Å². The average Bonchev–Trinajstić information content (AvgIpc) is 2.55. The molecule has 1 aliphatic heterocycles. The SMILES string of the molecule is Cc1ccoc1C1CCNC1. The lowest BCUT2D eigenvalue weighted by atomic mass is 10.0. The van der Waals surface area contributed by atoms with Gasteiger partial charge < -0.3 is 9.73 Å². The molecule has 2 heteroatoms. The first-order valence-electron chi connectivity index (χ1n) is 4.12. The van der Waals surface area contributed by atoms with Crippen molar-refractivity contribution < 1.29 is 4.42 Å². The predicted molar refractivity (Wildman–Crippen MR) is 43.7 cm³/mol. The van der Waals surface area contributed by atoms with Gasteiger partial charge in [0.05, 0.1) is 6.26 Å². The highest BCUT2D eigenvalue weighted by atomic mass is 16.3. The number of rotatable bonds is 1. The Morgan fingerprint density at radius 1 is 1.64 bits per heavy atom. The zero-order valence-electron chi connectivity index (χ0n) is 6.76. The zero-order chi connectivity index (χ0) is 7.68. The van der Waals surface area contributed by atoms with Crippen LogP contribution < -0.4 is 5.32 Å². The molecule has 1 saturated heterocycles. The van der Waals surface area contributed by atoms with Crippen LogP contribution in [0.5, 0.6) is 0 Å². The minimum atomic E-state index is 0.616. The molecule has 1 unspecified atom stereocenters. The van der Waals surface area contributed by atoms with Crippen molar-refractivity contribution in [3.63, 3.8) is 0 Å². The normalized spacial score (nSPS) is 24.3. The summed E-state index contributed by atoms with van der Waals surface area (Å²) in [5, 5.41) is 3.33. The van der Waals surface area contributed by atoms with Crippen molar-refractivity contribution in [1.29, 1.82) is 0 Å². The monoisotopic (exact) mass is 151 g/mol. The van der Waals surface area contributed by atoms with E-state index in [0.29, 0.717) is 5.92 Å². The Hall–Kier alpha value is -0.760. The van der Waals surface area contributed by atoms with E-state index in [2.05, 4.69) is 12.2 Å². The van der Waals surface area contributed by atoms with Gasteiger partial charge in [0.25, 0.3) is 0 Å². The van der Waals surface area contributed by atoms with Crippen LogP contribution in [0.25, 0.3) is 0 Å². The first-order chi connectivity index (χ1) is 5.38. The van der Waals surface area contributed by atoms with Crippen LogP contribution in [0.3, 0.4) is 0 Å². The Morgan fingerprint density at radius 2 is 2.55 bits per heavy atom. The fraction of sp³-hybridized carbons (Fsp3) is 0.556. The molecule has 0 bridgehead atoms. The van der Waals surface area contributed by atoms with Crippen molar-refractivity contribution >= 4 is 0 Å². The minimum Gasteiger partial charge on any atom is -0.469 e. The van der Waals surface area contributed by atoms with Crippen LogP contribution in [0.1, 0.15) is 23.7 Å². The van der Waals surface area contributed by atoms with Gasteiger partial charge in [-0.25, -0.2) is 0 Å². The largest absolute Gasteiger partial charge is 0.469 e. The maximum Gasteiger partial charge on any atom is 0.111 e. The molecule has 2 heterocycles. The average molecular weight is 151 g/mol. The molecule has 0 aromatic carbocycles. The molecular weight excluding hydrogens is 138 g/mol. The molecule has 1 aromatic heterocycles. The van der Waals surface area contributed by atoms with Crippen molar-refractivity contribution in [2.75, 3.05) is 13.1 Å². The van der Waals surface area contributed by atoms with Crippen LogP contribution in [-0.4, -0.2) is 13.1 Å². The van der Waals surface area contributed by atoms with Crippen molar-refractivity contribution in [3.05, 3.63) is 23.7 Å². The molecule has 11 heavy (non-hydrogen) atoms. The molecular formula is C9H13NO. The Bertz CT molecular complexity index is 235. The van der Waals surface area contributed by atoms with Gasteiger partial charge in [-0.2, -0.15) is 0 Å². The first kappa shape index (κ1) is 6.92. The molecule has 0 aliphatic carbocycles. The minimum absolute atomic E-state index is 0.616. The third kappa shape index (κ3) is 1.18. The van der Waals surface area contributed by atoms with Gasteiger partial charge in [-0.05, 0) is 31.5 Å². The second kappa shape index (κ2) is 2.70. The number of hydrogen-bond acceptors (Lipinski definition) is 2. The van der Waals surface area contributed by atoms with E-state index in [1.807, 2.05) is 6.07 Å². The molecule has 0 saturated carbocycles. The molecule has 0 amide bonds. The quantitative estimate of drug-likeness (QED) is 0.660. The number of nitrogens with one attached hydrogen (secondary N) is 1. The van der Waals surface area contributed by atoms with E-state index in [1.165, 1.54) is 17.7 Å². The lowest BCUT2D eigenvalue weighted by Gasteiger charge is -2.04. The summed E-state index contributed by atoms with van der Waals surface area (Å²) in [4.78, 5) is 0. The van der Waals surface area contributed by atoms with Crippen molar-refractivity contribution in [2.45, 2.75) is 19.3 Å². The first-order valence-corrected chi connectivity index (χ1v) is 4.12. The van der Waals surface area contributed by atoms with Gasteiger partial charge in [0.2, 0.25) is 0 Å². The standard InChI is InChI=1S/C9H13NO/c1-7-3-5-11-9(7)8-2-4-10-6-8/h3,5,8,10H,2,4,6H2,1H3. The predicted octanol–water partition coefficient (Wildman–Crippen LogP) is 1.66. The van der Waals surface area contributed by atoms with E-state index in [-0.39, 0.29) is 0 Å². The molecule has 1 N–H and O–H groups in total. The molecule has 60 valence electrons. The molecule has 1 atom stereocenters. The number of aryl methyl sites for hydroxylation is 1. The van der Waals surface area contributed by atoms with Crippen molar-refractivity contribution in [1.82, 2.24) is 5.32 Å². The van der Waals surface area contributed by atoms with Crippen LogP contribution in [-0.2, 0) is 0 Å². The Labute approximate surface area is 66.6 Å². The van der Waals surface area contributed by atoms with Crippen LogP contribution in [0.4, 0.5) is 0 Å². The topological polar surface area (TPSA) is 25.2 Å². The maximum absolute atomic E-state index is 5.41. The summed E-state index contributed by atoms with van der Waals surface area (Å²) in [7, 11) is 0. The summed E-state index contributed by atoms with van der Waals surface area (Å²) < 4.78 is 5.41. The molecule has 1 aliphatic rings. The van der Waals surface area contributed by atoms with Gasteiger partial charge in [0, 0.05) is 12.5 Å². The molecule has 2 nitrogen and oxygen atoms in total. The van der Waals surface area contributed by atoms with Crippen molar-refractivity contribution in [2.24, 2.45) is 0 Å². The van der Waals surface area contributed by atoms with Crippen LogP contribution in [0.15, 0.2) is 16.7 Å². The maximum atomic E-state index is 5.41. The summed E-state index contributed by atoms with van der Waals surface area (Å²) in [5.74, 6) is 1.79. The summed E-state index contributed by atoms with van der Waals surface area (Å²) >= 11 is 0. The van der Waals surface area contributed by atoms with Crippen LogP contribution in [0.2, 0.25) is 0 Å². The molecule has 0 radical (unpaired) electrons. The fourth-order valence-electron chi connectivity index (χ4n) is 1.68. The van der Waals surface area contributed by atoms with Crippen molar-refractivity contribution in [3.8, 4) is 0 Å². The van der Waals surface area contributed by atoms with E-state index >= 15 is 0 Å². The Morgan fingerprint density at radius 3 is 3.09 bits per heavy atom. The fourth-order valence-corrected chi connectivity index (χ4v) is 1.68. The highest BCUT2D eigenvalue weighted by Crippen LogP contribution is 2.25. The number of hydrogen-bond donors (Lipinski definition) is 1. The smallest absolute Gasteiger partial charge is 0.111 e. The van der Waals surface area contributed by atoms with E-state index < -0.39 is 0 Å². The van der Waals surface area contributed by atoms with Crippen LogP contribution >= 0.6 is 0 Å². The lowest BCUT2D eigenvalue weighted by molar-refractivity contribution is 0.471. The molecule has 2 rings (SSSR count). The highest BCUT2D eigenvalue weighted by molar-refractivity contribution is 5.19. The number of furan rings is 1. The molecule has 1 aromatic rings. The molecule has 1 fully saturated rings. The lowest BCUT2D eigenvalue weighted by Crippen LogP contribution is -2.07. The molecule has 0 spiro atoms. The van der Waals surface area contributed by atoms with E-state index in [0.717, 1.165) is 13.1 Å². The highest BCUT2D eigenvalue weighted by Gasteiger charge is 2.20. The van der Waals surface area contributed by atoms with Gasteiger partial charge in [-0.1, -0.05) is 0 Å². The summed E-state index contributed by atoms with van der Waals surface area (Å²) in [6.45, 7) is 4.32. The van der Waals surface area contributed by atoms with Gasteiger partial charge in [0.1, 0.15) is 5.76 Å². The Kier molecular flexibility index (Phi) is 1.70. The van der Waals surface area contributed by atoms with E-state index in [9.17, 15) is 0 Å². The summed E-state index contributed by atoms with van der Waals surface area (Å²) in [6.07, 6.45) is 3.00. The third-order valence-corrected chi connectivity index (χ3v) is 2.33. The summed E-state index contributed by atoms with van der Waals surface area (Å²) in [5.41, 5.74) is 1.29. The second-order valence-electron chi connectivity index (χ2n) is 3.16.